The lowest BCUT2D eigenvalue weighted by Gasteiger charge is -2.18. The van der Waals surface area contributed by atoms with Crippen LogP contribution in [0.25, 0.3) is 0 Å². The second kappa shape index (κ2) is 7.43. The zero-order chi connectivity index (χ0) is 18.6. The number of hydrogen-bond donors (Lipinski definition) is 0. The smallest absolute Gasteiger partial charge is 0.204 e. The van der Waals surface area contributed by atoms with Crippen molar-refractivity contribution in [2.45, 2.75) is 32.8 Å². The molecule has 0 unspecified atom stereocenters. The zero-order valence-corrected chi connectivity index (χ0v) is 15.4. The number of oxime groups is 1. The molecule has 0 atom stereocenters. The molecule has 0 N–H and O–H groups in total. The Labute approximate surface area is 152 Å². The highest BCUT2D eigenvalue weighted by Crippen LogP contribution is 2.21. The van der Waals surface area contributed by atoms with Gasteiger partial charge in [-0.2, -0.15) is 0 Å². The highest BCUT2D eigenvalue weighted by atomic mass is 16.6. The van der Waals surface area contributed by atoms with Crippen LogP contribution in [0.4, 0.5) is 0 Å². The van der Waals surface area contributed by atoms with Crippen molar-refractivity contribution >= 4 is 5.71 Å². The third kappa shape index (κ3) is 4.11. The first-order valence-electron chi connectivity index (χ1n) is 8.38. The summed E-state index contributed by atoms with van der Waals surface area (Å²) < 4.78 is 1.56. The second-order valence-corrected chi connectivity index (χ2v) is 6.99. The van der Waals surface area contributed by atoms with Crippen molar-refractivity contribution in [2.24, 2.45) is 12.2 Å². The van der Waals surface area contributed by atoms with Crippen LogP contribution in [0.5, 0.6) is 0 Å². The van der Waals surface area contributed by atoms with E-state index in [1.807, 2.05) is 42.6 Å². The molecule has 0 aliphatic heterocycles. The normalized spacial score (nSPS) is 12.2. The van der Waals surface area contributed by atoms with Crippen molar-refractivity contribution in [1.29, 1.82) is 0 Å². The maximum absolute atomic E-state index is 5.56. The van der Waals surface area contributed by atoms with Gasteiger partial charge in [0.1, 0.15) is 0 Å². The Morgan fingerprint density at radius 3 is 2.46 bits per heavy atom. The maximum Gasteiger partial charge on any atom is 0.204 e. The summed E-state index contributed by atoms with van der Waals surface area (Å²) in [6, 6.07) is 13.7. The molecule has 3 rings (SSSR count). The lowest BCUT2D eigenvalue weighted by atomic mass is 9.88. The summed E-state index contributed by atoms with van der Waals surface area (Å²) in [4.78, 5) is 10.0. The Morgan fingerprint density at radius 2 is 1.88 bits per heavy atom. The van der Waals surface area contributed by atoms with Crippen LogP contribution >= 0.6 is 0 Å². The lowest BCUT2D eigenvalue weighted by Crippen LogP contribution is -2.12. The number of hydrogen-bond acceptors (Lipinski definition) is 6. The summed E-state index contributed by atoms with van der Waals surface area (Å²) in [6.45, 7) is 6.74. The molecule has 7 heteroatoms. The topological polar surface area (TPSA) is 78.1 Å². The number of aryl methyl sites for hydroxylation is 1. The van der Waals surface area contributed by atoms with Crippen LogP contribution in [0.1, 0.15) is 43.4 Å². The van der Waals surface area contributed by atoms with Gasteiger partial charge in [0.25, 0.3) is 0 Å². The van der Waals surface area contributed by atoms with Crippen LogP contribution in [0.2, 0.25) is 0 Å². The van der Waals surface area contributed by atoms with Gasteiger partial charge in [-0.1, -0.05) is 62.3 Å². The Bertz CT molecular complexity index is 878. The average molecular weight is 350 g/mol. The molecule has 0 amide bonds. The molecule has 26 heavy (non-hydrogen) atoms. The number of benzene rings is 1. The predicted molar refractivity (Wildman–Crippen MR) is 98.6 cm³/mol. The average Bonchev–Trinajstić information content (AvgIpc) is 3.05. The second-order valence-electron chi connectivity index (χ2n) is 6.99. The minimum Gasteiger partial charge on any atom is -0.389 e. The lowest BCUT2D eigenvalue weighted by molar-refractivity contribution is 0.128. The van der Waals surface area contributed by atoms with Gasteiger partial charge < -0.3 is 4.84 Å². The van der Waals surface area contributed by atoms with Crippen LogP contribution in [-0.4, -0.2) is 30.9 Å². The summed E-state index contributed by atoms with van der Waals surface area (Å²) in [5.74, 6) is 0.534. The molecule has 3 aromatic rings. The largest absolute Gasteiger partial charge is 0.389 e. The van der Waals surface area contributed by atoms with Gasteiger partial charge in [0.15, 0.2) is 12.3 Å². The zero-order valence-electron chi connectivity index (χ0n) is 15.4. The quantitative estimate of drug-likeness (QED) is 0.522. The minimum atomic E-state index is 0.0726. The summed E-state index contributed by atoms with van der Waals surface area (Å²) in [5.41, 5.74) is 3.51. The van der Waals surface area contributed by atoms with Crippen molar-refractivity contribution in [3.63, 3.8) is 0 Å². The Balaban J connectivity index is 1.78. The molecule has 0 fully saturated rings. The summed E-state index contributed by atoms with van der Waals surface area (Å²) in [5, 5.41) is 15.9. The van der Waals surface area contributed by atoms with E-state index in [2.05, 4.69) is 52.5 Å². The van der Waals surface area contributed by atoms with E-state index in [0.29, 0.717) is 11.5 Å². The molecule has 0 bridgehead atoms. The van der Waals surface area contributed by atoms with Gasteiger partial charge in [-0.15, -0.1) is 5.10 Å². The molecular formula is C19H22N6O. The van der Waals surface area contributed by atoms with E-state index in [1.165, 1.54) is 5.56 Å². The number of rotatable bonds is 5. The number of nitrogens with zero attached hydrogens (tertiary/aromatic N) is 6. The first-order valence-corrected chi connectivity index (χ1v) is 8.38. The molecular weight excluding hydrogens is 328 g/mol. The Hall–Kier alpha value is -3.09. The standard InChI is InChI=1S/C19H22N6O/c1-19(2,3)15-10-11-16(20-12-15)13-26-22-17(14-8-6-5-7-9-14)18-21-23-24-25(18)4/h5-12H,13H2,1-4H3. The first kappa shape index (κ1) is 17.7. The number of tetrazole rings is 1. The highest BCUT2D eigenvalue weighted by Gasteiger charge is 2.15. The van der Waals surface area contributed by atoms with Gasteiger partial charge in [-0.05, 0) is 27.5 Å². The van der Waals surface area contributed by atoms with Crippen molar-refractivity contribution in [1.82, 2.24) is 25.2 Å². The number of pyridine rings is 1. The molecule has 0 aliphatic carbocycles. The van der Waals surface area contributed by atoms with E-state index in [9.17, 15) is 0 Å². The van der Waals surface area contributed by atoms with E-state index in [0.717, 1.165) is 11.3 Å². The van der Waals surface area contributed by atoms with E-state index in [1.54, 1.807) is 11.7 Å². The van der Waals surface area contributed by atoms with E-state index < -0.39 is 0 Å². The van der Waals surface area contributed by atoms with Crippen molar-refractivity contribution in [3.8, 4) is 0 Å². The maximum atomic E-state index is 5.56. The molecule has 0 aliphatic rings. The van der Waals surface area contributed by atoms with Gasteiger partial charge in [-0.3, -0.25) is 4.98 Å². The molecule has 2 heterocycles. The summed E-state index contributed by atoms with van der Waals surface area (Å²) in [7, 11) is 1.76. The van der Waals surface area contributed by atoms with Gasteiger partial charge in [0.2, 0.25) is 5.82 Å². The van der Waals surface area contributed by atoms with Crippen molar-refractivity contribution < 1.29 is 4.84 Å². The predicted octanol–water partition coefficient (Wildman–Crippen LogP) is 2.87. The molecule has 2 aromatic heterocycles. The van der Waals surface area contributed by atoms with Crippen LogP contribution in [0, 0.1) is 0 Å². The molecule has 0 saturated heterocycles. The van der Waals surface area contributed by atoms with Gasteiger partial charge >= 0.3 is 0 Å². The fourth-order valence-corrected chi connectivity index (χ4v) is 2.37. The van der Waals surface area contributed by atoms with Crippen LogP contribution in [0.3, 0.4) is 0 Å². The van der Waals surface area contributed by atoms with E-state index in [4.69, 9.17) is 4.84 Å². The molecule has 1 aromatic carbocycles. The first-order chi connectivity index (χ1) is 12.4. The Morgan fingerprint density at radius 1 is 1.12 bits per heavy atom. The fraction of sp³-hybridized carbons (Fsp3) is 0.316. The highest BCUT2D eigenvalue weighted by molar-refractivity contribution is 6.10. The van der Waals surface area contributed by atoms with E-state index >= 15 is 0 Å². The van der Waals surface area contributed by atoms with Crippen molar-refractivity contribution in [3.05, 3.63) is 71.3 Å². The summed E-state index contributed by atoms with van der Waals surface area (Å²) >= 11 is 0. The molecule has 7 nitrogen and oxygen atoms in total. The molecule has 0 radical (unpaired) electrons. The van der Waals surface area contributed by atoms with Crippen LogP contribution in [0.15, 0.2) is 53.8 Å². The minimum absolute atomic E-state index is 0.0726. The molecule has 0 saturated carbocycles. The Kier molecular flexibility index (Phi) is 5.06. The third-order valence-corrected chi connectivity index (χ3v) is 3.94. The van der Waals surface area contributed by atoms with Gasteiger partial charge in [0.05, 0.1) is 5.69 Å². The fourth-order valence-electron chi connectivity index (χ4n) is 2.37. The molecule has 0 spiro atoms. The monoisotopic (exact) mass is 350 g/mol. The summed E-state index contributed by atoms with van der Waals surface area (Å²) in [6.07, 6.45) is 1.88. The van der Waals surface area contributed by atoms with Crippen LogP contribution < -0.4 is 0 Å². The third-order valence-electron chi connectivity index (χ3n) is 3.94. The van der Waals surface area contributed by atoms with E-state index in [-0.39, 0.29) is 12.0 Å². The number of aromatic nitrogens is 5. The van der Waals surface area contributed by atoms with Gasteiger partial charge in [0, 0.05) is 18.8 Å². The van der Waals surface area contributed by atoms with Crippen molar-refractivity contribution in [2.75, 3.05) is 0 Å². The molecule has 134 valence electrons. The SMILES string of the molecule is Cn1nnnc1C(=NOCc1ccc(C(C)(C)C)cn1)c1ccccc1. The van der Waals surface area contributed by atoms with Crippen LogP contribution in [-0.2, 0) is 23.9 Å². The van der Waals surface area contributed by atoms with Gasteiger partial charge in [-0.25, -0.2) is 4.68 Å².